The molecule has 0 fully saturated rings. The fourth-order valence-electron chi connectivity index (χ4n) is 2.89. The molecular weight excluding hydrogens is 464 g/mol. The molecule has 1 heterocycles. The molecule has 0 unspecified atom stereocenters. The second-order valence-corrected chi connectivity index (χ2v) is 9.14. The maximum absolute atomic E-state index is 12.9. The first-order chi connectivity index (χ1) is 14.8. The minimum Gasteiger partial charge on any atom is -0.459 e. The predicted octanol–water partition coefficient (Wildman–Crippen LogP) is 7.01. The molecule has 2 aromatic carbocycles. The summed E-state index contributed by atoms with van der Waals surface area (Å²) in [5.74, 6) is -0.382. The quantitative estimate of drug-likeness (QED) is 0.365. The van der Waals surface area contributed by atoms with Gasteiger partial charge in [0.1, 0.15) is 12.3 Å². The molecule has 0 radical (unpaired) electrons. The Labute approximate surface area is 193 Å². The monoisotopic (exact) mass is 484 g/mol. The minimum atomic E-state index is -4.43. The SMILES string of the molecule is CC(C)(C)C(=O)OCc1cc(-c2ccc(C(F)(F)F)cc2)n(Cc2ccc(Cl)c(Cl)c2)n1. The molecule has 0 aliphatic heterocycles. The first kappa shape index (κ1) is 24.1. The molecule has 1 aromatic heterocycles. The van der Waals surface area contributed by atoms with Gasteiger partial charge in [0, 0.05) is 0 Å². The van der Waals surface area contributed by atoms with E-state index in [0.717, 1.165) is 17.7 Å². The number of ether oxygens (including phenoxy) is 1. The molecular formula is C23H21Cl2F3N2O2. The molecule has 4 nitrogen and oxygen atoms in total. The summed E-state index contributed by atoms with van der Waals surface area (Å²) >= 11 is 12.1. The molecule has 0 spiro atoms. The van der Waals surface area contributed by atoms with E-state index < -0.39 is 17.2 Å². The van der Waals surface area contributed by atoms with Crippen molar-refractivity contribution in [1.82, 2.24) is 9.78 Å². The van der Waals surface area contributed by atoms with Gasteiger partial charge in [0.05, 0.1) is 33.3 Å². The standard InChI is InChI=1S/C23H21Cl2F3N2O2/c1-22(2,3)21(31)32-13-17-11-20(15-5-7-16(8-6-15)23(26,27)28)30(29-17)12-14-4-9-18(24)19(25)10-14/h4-11H,12-13H2,1-3H3. The van der Waals surface area contributed by atoms with Gasteiger partial charge in [-0.3, -0.25) is 9.48 Å². The van der Waals surface area contributed by atoms with Crippen LogP contribution in [0.5, 0.6) is 0 Å². The van der Waals surface area contributed by atoms with E-state index in [1.54, 1.807) is 49.7 Å². The predicted molar refractivity (Wildman–Crippen MR) is 117 cm³/mol. The van der Waals surface area contributed by atoms with Crippen LogP contribution in [0.1, 0.15) is 37.6 Å². The third-order valence-electron chi connectivity index (χ3n) is 4.62. The number of aromatic nitrogens is 2. The van der Waals surface area contributed by atoms with Crippen LogP contribution in [-0.2, 0) is 28.9 Å². The van der Waals surface area contributed by atoms with Crippen LogP contribution >= 0.6 is 23.2 Å². The van der Waals surface area contributed by atoms with Gasteiger partial charge in [0.15, 0.2) is 0 Å². The van der Waals surface area contributed by atoms with E-state index in [2.05, 4.69) is 5.10 Å². The molecule has 0 aliphatic rings. The van der Waals surface area contributed by atoms with Crippen molar-refractivity contribution in [3.05, 3.63) is 75.4 Å². The second-order valence-electron chi connectivity index (χ2n) is 8.33. The number of halogens is 5. The van der Waals surface area contributed by atoms with Crippen molar-refractivity contribution in [2.24, 2.45) is 5.41 Å². The number of rotatable bonds is 5. The number of alkyl halides is 3. The van der Waals surface area contributed by atoms with Gasteiger partial charge in [-0.25, -0.2) is 0 Å². The maximum Gasteiger partial charge on any atom is 0.416 e. The van der Waals surface area contributed by atoms with Gasteiger partial charge in [0.2, 0.25) is 0 Å². The van der Waals surface area contributed by atoms with Gasteiger partial charge in [-0.05, 0) is 62.2 Å². The fraction of sp³-hybridized carbons (Fsp3) is 0.304. The topological polar surface area (TPSA) is 44.1 Å². The fourth-order valence-corrected chi connectivity index (χ4v) is 3.21. The van der Waals surface area contributed by atoms with Gasteiger partial charge in [-0.15, -0.1) is 0 Å². The van der Waals surface area contributed by atoms with Crippen LogP contribution in [0.25, 0.3) is 11.3 Å². The summed E-state index contributed by atoms with van der Waals surface area (Å²) in [6.07, 6.45) is -4.43. The molecule has 32 heavy (non-hydrogen) atoms. The van der Waals surface area contributed by atoms with Crippen molar-refractivity contribution >= 4 is 29.2 Å². The van der Waals surface area contributed by atoms with Gasteiger partial charge in [0.25, 0.3) is 0 Å². The molecule has 0 bridgehead atoms. The van der Waals surface area contributed by atoms with Crippen molar-refractivity contribution in [3.63, 3.8) is 0 Å². The zero-order valence-corrected chi connectivity index (χ0v) is 19.1. The highest BCUT2D eigenvalue weighted by Crippen LogP contribution is 2.32. The van der Waals surface area contributed by atoms with Crippen molar-refractivity contribution in [2.75, 3.05) is 0 Å². The van der Waals surface area contributed by atoms with Crippen LogP contribution in [0.15, 0.2) is 48.5 Å². The van der Waals surface area contributed by atoms with E-state index in [0.29, 0.717) is 33.5 Å². The first-order valence-corrected chi connectivity index (χ1v) is 10.5. The highest BCUT2D eigenvalue weighted by Gasteiger charge is 2.30. The van der Waals surface area contributed by atoms with Crippen LogP contribution in [0, 0.1) is 5.41 Å². The Morgan fingerprint density at radius 2 is 1.66 bits per heavy atom. The van der Waals surface area contributed by atoms with Gasteiger partial charge >= 0.3 is 12.1 Å². The molecule has 170 valence electrons. The maximum atomic E-state index is 12.9. The largest absolute Gasteiger partial charge is 0.459 e. The Bertz CT molecular complexity index is 1120. The van der Waals surface area contributed by atoms with Gasteiger partial charge in [-0.2, -0.15) is 18.3 Å². The van der Waals surface area contributed by atoms with E-state index in [9.17, 15) is 18.0 Å². The third-order valence-corrected chi connectivity index (χ3v) is 5.36. The van der Waals surface area contributed by atoms with Crippen LogP contribution in [-0.4, -0.2) is 15.7 Å². The number of benzene rings is 2. The normalized spacial score (nSPS) is 12.1. The smallest absolute Gasteiger partial charge is 0.416 e. The number of hydrogen-bond acceptors (Lipinski definition) is 3. The van der Waals surface area contributed by atoms with Crippen molar-refractivity contribution in [3.8, 4) is 11.3 Å². The number of carbonyl (C=O) groups excluding carboxylic acids is 1. The molecule has 0 N–H and O–H groups in total. The van der Waals surface area contributed by atoms with Crippen molar-refractivity contribution in [1.29, 1.82) is 0 Å². The number of nitrogens with zero attached hydrogens (tertiary/aromatic N) is 2. The molecule has 9 heteroatoms. The minimum absolute atomic E-state index is 0.0574. The Hall–Kier alpha value is -2.51. The lowest BCUT2D eigenvalue weighted by atomic mass is 9.97. The number of esters is 1. The van der Waals surface area contributed by atoms with E-state index in [1.165, 1.54) is 12.1 Å². The molecule has 0 amide bonds. The highest BCUT2D eigenvalue weighted by molar-refractivity contribution is 6.42. The van der Waals surface area contributed by atoms with Crippen molar-refractivity contribution < 1.29 is 22.7 Å². The van der Waals surface area contributed by atoms with E-state index in [1.807, 2.05) is 0 Å². The lowest BCUT2D eigenvalue weighted by molar-refractivity contribution is -0.154. The summed E-state index contributed by atoms with van der Waals surface area (Å²) in [5.41, 5.74) is 0.979. The molecule has 3 aromatic rings. The summed E-state index contributed by atoms with van der Waals surface area (Å²) in [6.45, 7) is 5.46. The summed E-state index contributed by atoms with van der Waals surface area (Å²) < 4.78 is 45.8. The Morgan fingerprint density at radius 3 is 2.22 bits per heavy atom. The van der Waals surface area contributed by atoms with Gasteiger partial charge in [-0.1, -0.05) is 41.4 Å². The summed E-state index contributed by atoms with van der Waals surface area (Å²) in [7, 11) is 0. The summed E-state index contributed by atoms with van der Waals surface area (Å²) in [6, 6.07) is 11.6. The molecule has 0 aliphatic carbocycles. The molecule has 0 saturated heterocycles. The lowest BCUT2D eigenvalue weighted by Crippen LogP contribution is -2.22. The molecule has 3 rings (SSSR count). The number of hydrogen-bond donors (Lipinski definition) is 0. The van der Waals surface area contributed by atoms with Crippen LogP contribution in [0.3, 0.4) is 0 Å². The second kappa shape index (κ2) is 9.16. The van der Waals surface area contributed by atoms with E-state index in [-0.39, 0.29) is 12.6 Å². The molecule has 0 saturated carbocycles. The molecule has 0 atom stereocenters. The van der Waals surface area contributed by atoms with Crippen LogP contribution < -0.4 is 0 Å². The van der Waals surface area contributed by atoms with Gasteiger partial charge < -0.3 is 4.74 Å². The summed E-state index contributed by atoms with van der Waals surface area (Å²) in [4.78, 5) is 12.1. The Morgan fingerprint density at radius 1 is 1.00 bits per heavy atom. The summed E-state index contributed by atoms with van der Waals surface area (Å²) in [5, 5.41) is 5.29. The van der Waals surface area contributed by atoms with Crippen molar-refractivity contribution in [2.45, 2.75) is 40.1 Å². The zero-order valence-electron chi connectivity index (χ0n) is 17.6. The first-order valence-electron chi connectivity index (χ1n) is 9.70. The Kier molecular flexibility index (Phi) is 6.91. The third kappa shape index (κ3) is 5.84. The van der Waals surface area contributed by atoms with E-state index >= 15 is 0 Å². The van der Waals surface area contributed by atoms with Crippen LogP contribution in [0.4, 0.5) is 13.2 Å². The lowest BCUT2D eigenvalue weighted by Gasteiger charge is -2.15. The Balaban J connectivity index is 1.94. The van der Waals surface area contributed by atoms with E-state index in [4.69, 9.17) is 27.9 Å². The average Bonchev–Trinajstić information content (AvgIpc) is 3.10. The highest BCUT2D eigenvalue weighted by atomic mass is 35.5. The van der Waals surface area contributed by atoms with Crippen LogP contribution in [0.2, 0.25) is 10.0 Å². The number of carbonyl (C=O) groups is 1. The average molecular weight is 485 g/mol. The zero-order chi connectivity index (χ0) is 23.7.